The fraction of sp³-hybridized carbons (Fsp3) is 0.500. The maximum Gasteiger partial charge on any atom is 0.441 e. The summed E-state index contributed by atoms with van der Waals surface area (Å²) in [5.74, 6) is -0.207. The summed E-state index contributed by atoms with van der Waals surface area (Å²) in [6, 6.07) is 8.99. The van der Waals surface area contributed by atoms with Crippen LogP contribution in [0.25, 0.3) is 0 Å². The van der Waals surface area contributed by atoms with Gasteiger partial charge in [-0.15, -0.1) is 0 Å². The molecule has 0 amide bonds. The molecule has 1 nitrogen and oxygen atoms in total. The molecule has 2 atom stereocenters. The van der Waals surface area contributed by atoms with E-state index in [4.69, 9.17) is 0 Å². The van der Waals surface area contributed by atoms with Crippen LogP contribution in [0, 0.1) is 5.92 Å². The Morgan fingerprint density at radius 2 is 1.82 bits per heavy atom. The van der Waals surface area contributed by atoms with Crippen LogP contribution in [-0.2, 0) is 0 Å². The lowest BCUT2D eigenvalue weighted by Gasteiger charge is -2.19. The number of hydrogen-bond acceptors (Lipinski definition) is 2. The zero-order valence-corrected chi connectivity index (χ0v) is 10.3. The van der Waals surface area contributed by atoms with Crippen molar-refractivity contribution in [2.45, 2.75) is 25.0 Å². The van der Waals surface area contributed by atoms with Gasteiger partial charge in [0.2, 0.25) is 0 Å². The first-order valence-corrected chi connectivity index (χ1v) is 6.32. The van der Waals surface area contributed by atoms with Crippen LogP contribution in [0.5, 0.6) is 0 Å². The highest BCUT2D eigenvalue weighted by atomic mass is 32.2. The van der Waals surface area contributed by atoms with Gasteiger partial charge in [-0.3, -0.25) is 0 Å². The first kappa shape index (κ1) is 14.4. The Kier molecular flexibility index (Phi) is 5.33. The highest BCUT2D eigenvalue weighted by molar-refractivity contribution is 8.00. The molecule has 0 saturated heterocycles. The van der Waals surface area contributed by atoms with Crippen LogP contribution in [0.2, 0.25) is 0 Å². The summed E-state index contributed by atoms with van der Waals surface area (Å²) in [6.07, 6.45) is -0.370. The van der Waals surface area contributed by atoms with Gasteiger partial charge in [0.1, 0.15) is 0 Å². The van der Waals surface area contributed by atoms with Crippen LogP contribution in [0.1, 0.15) is 25.0 Å². The molecule has 1 N–H and O–H groups in total. The van der Waals surface area contributed by atoms with Crippen molar-refractivity contribution in [2.75, 3.05) is 5.75 Å². The van der Waals surface area contributed by atoms with Gasteiger partial charge in [-0.1, -0.05) is 49.0 Å². The molecule has 17 heavy (non-hydrogen) atoms. The highest BCUT2D eigenvalue weighted by Gasteiger charge is 2.28. The fourth-order valence-corrected chi connectivity index (χ4v) is 2.22. The van der Waals surface area contributed by atoms with Crippen molar-refractivity contribution < 1.29 is 18.3 Å². The normalized spacial score (nSPS) is 15.6. The summed E-state index contributed by atoms with van der Waals surface area (Å²) in [5.41, 5.74) is -3.44. The fourth-order valence-electron chi connectivity index (χ4n) is 1.50. The van der Waals surface area contributed by atoms with Crippen LogP contribution in [0.3, 0.4) is 0 Å². The minimum absolute atomic E-state index is 0.0193. The van der Waals surface area contributed by atoms with Crippen LogP contribution in [0.15, 0.2) is 30.3 Å². The Morgan fingerprint density at radius 1 is 1.24 bits per heavy atom. The van der Waals surface area contributed by atoms with Gasteiger partial charge >= 0.3 is 5.51 Å². The van der Waals surface area contributed by atoms with Gasteiger partial charge in [0, 0.05) is 5.75 Å². The lowest BCUT2D eigenvalue weighted by Crippen LogP contribution is -2.11. The Balaban J connectivity index is 2.40. The van der Waals surface area contributed by atoms with Gasteiger partial charge in [0.15, 0.2) is 0 Å². The second-order valence-electron chi connectivity index (χ2n) is 3.92. The largest absolute Gasteiger partial charge is 0.441 e. The summed E-state index contributed by atoms with van der Waals surface area (Å²) in [4.78, 5) is 0. The smallest absolute Gasteiger partial charge is 0.388 e. The highest BCUT2D eigenvalue weighted by Crippen LogP contribution is 2.33. The topological polar surface area (TPSA) is 20.2 Å². The third kappa shape index (κ3) is 5.46. The second kappa shape index (κ2) is 6.31. The standard InChI is InChI=1S/C12H15F3OS/c1-9(7-8-17-12(13,14)15)11(16)10-5-3-2-4-6-10/h2-6,9,11,16H,7-8H2,1H3. The maximum atomic E-state index is 11.9. The van der Waals surface area contributed by atoms with Gasteiger partial charge in [-0.25, -0.2) is 0 Å². The Bertz CT molecular complexity index is 326. The molecule has 2 unspecified atom stereocenters. The van der Waals surface area contributed by atoms with E-state index in [-0.39, 0.29) is 23.4 Å². The van der Waals surface area contributed by atoms with Crippen LogP contribution in [0.4, 0.5) is 13.2 Å². The molecule has 0 aliphatic heterocycles. The zero-order valence-electron chi connectivity index (χ0n) is 9.45. The number of rotatable bonds is 5. The summed E-state index contributed by atoms with van der Waals surface area (Å²) in [5, 5.41) is 9.93. The third-order valence-corrected chi connectivity index (χ3v) is 3.29. The molecule has 1 aromatic rings. The summed E-state index contributed by atoms with van der Waals surface area (Å²) in [6.45, 7) is 1.76. The molecule has 0 aliphatic rings. The van der Waals surface area contributed by atoms with E-state index >= 15 is 0 Å². The molecule has 0 aromatic heterocycles. The van der Waals surface area contributed by atoms with Crippen molar-refractivity contribution in [1.82, 2.24) is 0 Å². The SMILES string of the molecule is CC(CCSC(F)(F)F)C(O)c1ccccc1. The predicted molar refractivity (Wildman–Crippen MR) is 63.7 cm³/mol. The molecule has 0 bridgehead atoms. The van der Waals surface area contributed by atoms with Gasteiger partial charge < -0.3 is 5.11 Å². The second-order valence-corrected chi connectivity index (χ2v) is 5.08. The molecule has 0 heterocycles. The Labute approximate surface area is 103 Å². The van der Waals surface area contributed by atoms with Crippen molar-refractivity contribution in [1.29, 1.82) is 0 Å². The average Bonchev–Trinajstić information content (AvgIpc) is 2.27. The molecular formula is C12H15F3OS. The lowest BCUT2D eigenvalue weighted by molar-refractivity contribution is -0.0329. The molecule has 0 saturated carbocycles. The van der Waals surface area contributed by atoms with E-state index in [9.17, 15) is 18.3 Å². The molecule has 0 spiro atoms. The van der Waals surface area contributed by atoms with Crippen molar-refractivity contribution in [3.8, 4) is 0 Å². The summed E-state index contributed by atoms with van der Waals surface area (Å²) in [7, 11) is 0. The minimum atomic E-state index is -4.18. The number of aliphatic hydroxyl groups is 1. The van der Waals surface area contributed by atoms with E-state index in [0.29, 0.717) is 6.42 Å². The zero-order chi connectivity index (χ0) is 12.9. The number of benzene rings is 1. The predicted octanol–water partition coefficient (Wildman–Crippen LogP) is 4.00. The quantitative estimate of drug-likeness (QED) is 0.867. The molecule has 5 heteroatoms. The average molecular weight is 264 g/mol. The van der Waals surface area contributed by atoms with Crippen LogP contribution in [-0.4, -0.2) is 16.4 Å². The number of thioether (sulfide) groups is 1. The molecule has 1 aromatic carbocycles. The number of alkyl halides is 3. The van der Waals surface area contributed by atoms with Gasteiger partial charge in [0.25, 0.3) is 0 Å². The Morgan fingerprint density at radius 3 is 2.35 bits per heavy atom. The number of aliphatic hydroxyl groups excluding tert-OH is 1. The van der Waals surface area contributed by atoms with Crippen LogP contribution >= 0.6 is 11.8 Å². The molecule has 1 rings (SSSR count). The van der Waals surface area contributed by atoms with E-state index in [1.54, 1.807) is 31.2 Å². The van der Waals surface area contributed by atoms with Gasteiger partial charge in [-0.2, -0.15) is 13.2 Å². The summed E-state index contributed by atoms with van der Waals surface area (Å²) < 4.78 is 35.8. The summed E-state index contributed by atoms with van der Waals surface area (Å²) >= 11 is -0.0366. The Hall–Kier alpha value is -0.680. The van der Waals surface area contributed by atoms with Crippen molar-refractivity contribution in [3.05, 3.63) is 35.9 Å². The number of hydrogen-bond donors (Lipinski definition) is 1. The molecule has 96 valence electrons. The first-order chi connectivity index (χ1) is 7.90. The van der Waals surface area contributed by atoms with E-state index < -0.39 is 11.6 Å². The van der Waals surface area contributed by atoms with Crippen molar-refractivity contribution >= 4 is 11.8 Å². The monoisotopic (exact) mass is 264 g/mol. The molecular weight excluding hydrogens is 249 g/mol. The minimum Gasteiger partial charge on any atom is -0.388 e. The van der Waals surface area contributed by atoms with Crippen molar-refractivity contribution in [2.24, 2.45) is 5.92 Å². The number of halogens is 3. The van der Waals surface area contributed by atoms with Crippen molar-refractivity contribution in [3.63, 3.8) is 0 Å². The van der Waals surface area contributed by atoms with E-state index in [0.717, 1.165) is 5.56 Å². The molecule has 0 radical (unpaired) electrons. The van der Waals surface area contributed by atoms with Crippen LogP contribution < -0.4 is 0 Å². The van der Waals surface area contributed by atoms with Gasteiger partial charge in [0.05, 0.1) is 6.10 Å². The van der Waals surface area contributed by atoms with E-state index in [2.05, 4.69) is 0 Å². The van der Waals surface area contributed by atoms with E-state index in [1.807, 2.05) is 6.07 Å². The third-order valence-electron chi connectivity index (χ3n) is 2.52. The van der Waals surface area contributed by atoms with Gasteiger partial charge in [-0.05, 0) is 17.9 Å². The van der Waals surface area contributed by atoms with E-state index in [1.165, 1.54) is 0 Å². The first-order valence-electron chi connectivity index (χ1n) is 5.34. The molecule has 0 aliphatic carbocycles. The maximum absolute atomic E-state index is 11.9. The molecule has 0 fully saturated rings. The lowest BCUT2D eigenvalue weighted by atomic mass is 9.95.